The Morgan fingerprint density at radius 3 is 2.33 bits per heavy atom. The van der Waals surface area contributed by atoms with Crippen molar-refractivity contribution in [2.75, 3.05) is 6.61 Å². The van der Waals surface area contributed by atoms with E-state index in [0.29, 0.717) is 22.0 Å². The molecular formula is C29H26N2O5. The monoisotopic (exact) mass is 482 g/mol. The van der Waals surface area contributed by atoms with Crippen molar-refractivity contribution in [3.05, 3.63) is 106 Å². The number of aromatic nitrogens is 1. The summed E-state index contributed by atoms with van der Waals surface area (Å²) in [7, 11) is 0. The number of H-pyrrole nitrogens is 1. The van der Waals surface area contributed by atoms with E-state index in [2.05, 4.69) is 10.3 Å². The molecular weight excluding hydrogens is 456 g/mol. The van der Waals surface area contributed by atoms with Gasteiger partial charge in [0.2, 0.25) is 5.43 Å². The van der Waals surface area contributed by atoms with E-state index in [0.717, 1.165) is 11.1 Å². The number of Topliss-reactive ketones (excluding diaryl/α,β-unsaturated/α-hetero) is 1. The summed E-state index contributed by atoms with van der Waals surface area (Å²) < 4.78 is 4.93. The SMILES string of the molecule is CCOC(=O)c1c[nH]c2ccc(CC(=O)[C@H](C)NC(=O)c3ccc(-c4ccccc4)cc3)cc2c1=O. The largest absolute Gasteiger partial charge is 0.462 e. The number of amides is 1. The topological polar surface area (TPSA) is 105 Å². The van der Waals surface area contributed by atoms with Crippen molar-refractivity contribution in [3.8, 4) is 11.1 Å². The molecule has 0 saturated heterocycles. The van der Waals surface area contributed by atoms with Crippen LogP contribution >= 0.6 is 0 Å². The Labute approximate surface area is 208 Å². The first-order chi connectivity index (χ1) is 17.4. The van der Waals surface area contributed by atoms with Crippen LogP contribution in [0.3, 0.4) is 0 Å². The second kappa shape index (κ2) is 10.8. The third-order valence-corrected chi connectivity index (χ3v) is 5.90. The molecule has 0 aliphatic rings. The lowest BCUT2D eigenvalue weighted by Gasteiger charge is -2.14. The molecule has 0 saturated carbocycles. The molecule has 1 heterocycles. The van der Waals surface area contributed by atoms with Crippen molar-refractivity contribution in [2.24, 2.45) is 0 Å². The molecule has 2 N–H and O–H groups in total. The summed E-state index contributed by atoms with van der Waals surface area (Å²) in [4.78, 5) is 53.2. The zero-order chi connectivity index (χ0) is 25.7. The van der Waals surface area contributed by atoms with Crippen LogP contribution in [0.2, 0.25) is 0 Å². The number of ether oxygens (including phenoxy) is 1. The second-order valence-electron chi connectivity index (χ2n) is 8.41. The number of aromatic amines is 1. The highest BCUT2D eigenvalue weighted by Crippen LogP contribution is 2.19. The number of pyridine rings is 1. The van der Waals surface area contributed by atoms with E-state index in [1.54, 1.807) is 44.2 Å². The summed E-state index contributed by atoms with van der Waals surface area (Å²) in [6, 6.07) is 21.3. The molecule has 182 valence electrons. The molecule has 7 heteroatoms. The van der Waals surface area contributed by atoms with Crippen LogP contribution in [-0.2, 0) is 16.0 Å². The van der Waals surface area contributed by atoms with Crippen LogP contribution in [0, 0.1) is 0 Å². The molecule has 4 rings (SSSR count). The molecule has 0 aliphatic carbocycles. The average Bonchev–Trinajstić information content (AvgIpc) is 2.89. The minimum atomic E-state index is -0.730. The quantitative estimate of drug-likeness (QED) is 0.364. The van der Waals surface area contributed by atoms with Crippen molar-refractivity contribution in [1.29, 1.82) is 0 Å². The zero-order valence-electron chi connectivity index (χ0n) is 20.0. The Morgan fingerprint density at radius 1 is 0.944 bits per heavy atom. The van der Waals surface area contributed by atoms with E-state index in [4.69, 9.17) is 4.74 Å². The molecule has 7 nitrogen and oxygen atoms in total. The first kappa shape index (κ1) is 24.6. The summed E-state index contributed by atoms with van der Waals surface area (Å²) in [6.45, 7) is 3.45. The van der Waals surface area contributed by atoms with Gasteiger partial charge >= 0.3 is 5.97 Å². The number of benzene rings is 3. The van der Waals surface area contributed by atoms with E-state index in [-0.39, 0.29) is 30.3 Å². The van der Waals surface area contributed by atoms with Crippen molar-refractivity contribution < 1.29 is 19.1 Å². The number of carbonyl (C=O) groups excluding carboxylic acids is 3. The van der Waals surface area contributed by atoms with Gasteiger partial charge in [-0.2, -0.15) is 0 Å². The summed E-state index contributed by atoms with van der Waals surface area (Å²) >= 11 is 0. The van der Waals surface area contributed by atoms with Gasteiger partial charge < -0.3 is 15.0 Å². The van der Waals surface area contributed by atoms with E-state index in [1.807, 2.05) is 42.5 Å². The minimum absolute atomic E-state index is 0.0212. The normalized spacial score (nSPS) is 11.6. The van der Waals surface area contributed by atoms with Crippen molar-refractivity contribution in [1.82, 2.24) is 10.3 Å². The summed E-state index contributed by atoms with van der Waals surface area (Å²) in [5.74, 6) is -1.25. The summed E-state index contributed by atoms with van der Waals surface area (Å²) in [5.41, 5.74) is 3.10. The lowest BCUT2D eigenvalue weighted by molar-refractivity contribution is -0.119. The Bertz CT molecular complexity index is 1470. The molecule has 0 spiro atoms. The molecule has 4 aromatic rings. The van der Waals surface area contributed by atoms with E-state index >= 15 is 0 Å². The number of nitrogens with one attached hydrogen (secondary N) is 2. The van der Waals surface area contributed by atoms with Gasteiger partial charge in [0.15, 0.2) is 5.78 Å². The highest BCUT2D eigenvalue weighted by molar-refractivity contribution is 5.99. The number of esters is 1. The molecule has 1 aromatic heterocycles. The predicted molar refractivity (Wildman–Crippen MR) is 138 cm³/mol. The number of ketones is 1. The van der Waals surface area contributed by atoms with Gasteiger partial charge in [-0.05, 0) is 54.8 Å². The number of hydrogen-bond acceptors (Lipinski definition) is 5. The lowest BCUT2D eigenvalue weighted by Crippen LogP contribution is -2.39. The van der Waals surface area contributed by atoms with E-state index < -0.39 is 17.4 Å². The zero-order valence-corrected chi connectivity index (χ0v) is 20.0. The molecule has 0 unspecified atom stereocenters. The number of rotatable bonds is 8. The van der Waals surface area contributed by atoms with Crippen LogP contribution in [0.25, 0.3) is 22.0 Å². The Balaban J connectivity index is 1.44. The van der Waals surface area contributed by atoms with Gasteiger partial charge in [-0.25, -0.2) is 4.79 Å². The smallest absolute Gasteiger partial charge is 0.343 e. The molecule has 0 radical (unpaired) electrons. The third-order valence-electron chi connectivity index (χ3n) is 5.90. The number of fused-ring (bicyclic) bond motifs is 1. The van der Waals surface area contributed by atoms with Crippen LogP contribution < -0.4 is 10.7 Å². The third kappa shape index (κ3) is 5.41. The summed E-state index contributed by atoms with van der Waals surface area (Å²) in [5, 5.41) is 3.04. The van der Waals surface area contributed by atoms with Gasteiger partial charge in [-0.15, -0.1) is 0 Å². The standard InChI is InChI=1S/C29H26N2O5/c1-3-36-29(35)24-17-30-25-14-9-19(15-23(25)27(24)33)16-26(32)18(2)31-28(34)22-12-10-21(11-13-22)20-7-5-4-6-8-20/h4-15,17-18H,3,16H2,1-2H3,(H,30,33)(H,31,34)/t18-/m0/s1. The minimum Gasteiger partial charge on any atom is -0.462 e. The Hall–Kier alpha value is -4.52. The maximum absolute atomic E-state index is 12.8. The van der Waals surface area contributed by atoms with Gasteiger partial charge in [-0.1, -0.05) is 48.5 Å². The maximum atomic E-state index is 12.8. The van der Waals surface area contributed by atoms with Crippen molar-refractivity contribution in [2.45, 2.75) is 26.3 Å². The molecule has 1 atom stereocenters. The van der Waals surface area contributed by atoms with Gasteiger partial charge in [-0.3, -0.25) is 14.4 Å². The number of carbonyl (C=O) groups is 3. The first-order valence-corrected chi connectivity index (χ1v) is 11.7. The highest BCUT2D eigenvalue weighted by Gasteiger charge is 2.19. The fourth-order valence-electron chi connectivity index (χ4n) is 3.90. The Kier molecular flexibility index (Phi) is 7.39. The van der Waals surface area contributed by atoms with E-state index in [1.165, 1.54) is 6.20 Å². The van der Waals surface area contributed by atoms with Gasteiger partial charge in [0, 0.05) is 29.1 Å². The molecule has 36 heavy (non-hydrogen) atoms. The molecule has 3 aromatic carbocycles. The Morgan fingerprint density at radius 2 is 1.64 bits per heavy atom. The van der Waals surface area contributed by atoms with Crippen molar-refractivity contribution in [3.63, 3.8) is 0 Å². The van der Waals surface area contributed by atoms with Crippen LogP contribution in [0.15, 0.2) is 83.8 Å². The van der Waals surface area contributed by atoms with Crippen LogP contribution in [0.1, 0.15) is 40.1 Å². The van der Waals surface area contributed by atoms with Crippen LogP contribution in [-0.4, -0.2) is 35.3 Å². The van der Waals surface area contributed by atoms with Gasteiger partial charge in [0.05, 0.1) is 12.6 Å². The second-order valence-corrected chi connectivity index (χ2v) is 8.41. The van der Waals surface area contributed by atoms with Gasteiger partial charge in [0.1, 0.15) is 5.56 Å². The highest BCUT2D eigenvalue weighted by atomic mass is 16.5. The first-order valence-electron chi connectivity index (χ1n) is 11.7. The lowest BCUT2D eigenvalue weighted by atomic mass is 10.0. The molecule has 1 amide bonds. The molecule has 0 aliphatic heterocycles. The fraction of sp³-hybridized carbons (Fsp3) is 0.172. The van der Waals surface area contributed by atoms with Crippen molar-refractivity contribution >= 4 is 28.6 Å². The molecule has 0 fully saturated rings. The maximum Gasteiger partial charge on any atom is 0.343 e. The van der Waals surface area contributed by atoms with E-state index in [9.17, 15) is 19.2 Å². The predicted octanol–water partition coefficient (Wildman–Crippen LogP) is 4.30. The van der Waals surface area contributed by atoms with Gasteiger partial charge in [0.25, 0.3) is 5.91 Å². The summed E-state index contributed by atoms with van der Waals surface area (Å²) in [6.07, 6.45) is 1.35. The van der Waals surface area contributed by atoms with Crippen LogP contribution in [0.5, 0.6) is 0 Å². The van der Waals surface area contributed by atoms with Crippen LogP contribution in [0.4, 0.5) is 0 Å². The average molecular weight is 483 g/mol. The number of hydrogen-bond donors (Lipinski definition) is 2. The molecule has 0 bridgehead atoms. The fourth-order valence-corrected chi connectivity index (χ4v) is 3.90.